The maximum atomic E-state index is 5.30. The summed E-state index contributed by atoms with van der Waals surface area (Å²) >= 11 is 0. The minimum absolute atomic E-state index is 0.0828. The highest BCUT2D eigenvalue weighted by Crippen LogP contribution is 2.15. The fourth-order valence-corrected chi connectivity index (χ4v) is 1.86. The van der Waals surface area contributed by atoms with Crippen molar-refractivity contribution in [2.24, 2.45) is 7.05 Å². The van der Waals surface area contributed by atoms with Crippen LogP contribution in [0, 0.1) is 6.92 Å². The van der Waals surface area contributed by atoms with Gasteiger partial charge in [-0.15, -0.1) is 0 Å². The quantitative estimate of drug-likeness (QED) is 0.775. The molecule has 0 spiro atoms. The van der Waals surface area contributed by atoms with E-state index in [0.29, 0.717) is 6.61 Å². The zero-order chi connectivity index (χ0) is 12.8. The molecule has 0 fully saturated rings. The van der Waals surface area contributed by atoms with Gasteiger partial charge in [0, 0.05) is 45.6 Å². The molecule has 1 heterocycles. The van der Waals surface area contributed by atoms with E-state index >= 15 is 0 Å². The molecule has 0 saturated carbocycles. The van der Waals surface area contributed by atoms with Gasteiger partial charge >= 0.3 is 0 Å². The van der Waals surface area contributed by atoms with Crippen LogP contribution in [0.4, 0.5) is 0 Å². The molecular formula is C12H23N3O2. The maximum Gasteiger partial charge on any atom is 0.0928 e. The average molecular weight is 241 g/mol. The third kappa shape index (κ3) is 4.11. The fraction of sp³-hybridized carbons (Fsp3) is 0.750. The van der Waals surface area contributed by atoms with Gasteiger partial charge in [-0.05, 0) is 13.8 Å². The summed E-state index contributed by atoms with van der Waals surface area (Å²) < 4.78 is 12.2. The molecule has 2 unspecified atom stereocenters. The lowest BCUT2D eigenvalue weighted by Gasteiger charge is -2.19. The molecule has 0 saturated heterocycles. The molecule has 0 aliphatic carbocycles. The first kappa shape index (κ1) is 14.2. The van der Waals surface area contributed by atoms with Crippen LogP contribution in [0.3, 0.4) is 0 Å². The monoisotopic (exact) mass is 241 g/mol. The summed E-state index contributed by atoms with van der Waals surface area (Å²) in [5.41, 5.74) is 2.29. The van der Waals surface area contributed by atoms with Gasteiger partial charge in [-0.3, -0.25) is 4.68 Å². The van der Waals surface area contributed by atoms with Crippen LogP contribution in [0.15, 0.2) is 6.20 Å². The minimum Gasteiger partial charge on any atom is -0.382 e. The van der Waals surface area contributed by atoms with Crippen molar-refractivity contribution < 1.29 is 9.47 Å². The average Bonchev–Trinajstić information content (AvgIpc) is 2.63. The molecule has 17 heavy (non-hydrogen) atoms. The minimum atomic E-state index is 0.0828. The van der Waals surface area contributed by atoms with Gasteiger partial charge in [-0.25, -0.2) is 0 Å². The highest BCUT2D eigenvalue weighted by molar-refractivity contribution is 5.19. The molecule has 5 heteroatoms. The Morgan fingerprint density at radius 2 is 2.18 bits per heavy atom. The van der Waals surface area contributed by atoms with Crippen LogP contribution in [0.2, 0.25) is 0 Å². The molecule has 1 N–H and O–H groups in total. The second-order valence-electron chi connectivity index (χ2n) is 4.29. The van der Waals surface area contributed by atoms with Crippen molar-refractivity contribution in [3.8, 4) is 0 Å². The molecule has 0 aromatic carbocycles. The first-order valence-corrected chi connectivity index (χ1v) is 5.83. The Morgan fingerprint density at radius 1 is 1.47 bits per heavy atom. The fourth-order valence-electron chi connectivity index (χ4n) is 1.86. The number of ether oxygens (including phenoxy) is 2. The number of aryl methyl sites for hydroxylation is 2. The van der Waals surface area contributed by atoms with E-state index in [1.165, 1.54) is 5.56 Å². The number of rotatable bonds is 7. The van der Waals surface area contributed by atoms with Gasteiger partial charge in [0.25, 0.3) is 0 Å². The summed E-state index contributed by atoms with van der Waals surface area (Å²) in [6.45, 7) is 5.52. The lowest BCUT2D eigenvalue weighted by atomic mass is 10.1. The first-order valence-electron chi connectivity index (χ1n) is 5.83. The topological polar surface area (TPSA) is 48.3 Å². The van der Waals surface area contributed by atoms with E-state index in [9.17, 15) is 0 Å². The summed E-state index contributed by atoms with van der Waals surface area (Å²) in [4.78, 5) is 0. The molecule has 1 aromatic heterocycles. The molecule has 5 nitrogen and oxygen atoms in total. The van der Waals surface area contributed by atoms with Crippen molar-refractivity contribution >= 4 is 0 Å². The SMILES string of the molecule is COCC(CNC(C)c1cn(C)nc1C)OC. The number of methoxy groups -OCH3 is 2. The molecule has 0 bridgehead atoms. The molecule has 2 atom stereocenters. The van der Waals surface area contributed by atoms with E-state index in [4.69, 9.17) is 9.47 Å². The van der Waals surface area contributed by atoms with Crippen LogP contribution in [0.25, 0.3) is 0 Å². The normalized spacial score (nSPS) is 14.9. The number of nitrogens with one attached hydrogen (secondary N) is 1. The van der Waals surface area contributed by atoms with Gasteiger partial charge in [0.2, 0.25) is 0 Å². The van der Waals surface area contributed by atoms with Crippen LogP contribution in [-0.2, 0) is 16.5 Å². The van der Waals surface area contributed by atoms with Gasteiger partial charge in [-0.1, -0.05) is 0 Å². The van der Waals surface area contributed by atoms with Crippen molar-refractivity contribution in [3.05, 3.63) is 17.5 Å². The Balaban J connectivity index is 2.49. The summed E-state index contributed by atoms with van der Waals surface area (Å²) in [6, 6.07) is 0.262. The van der Waals surface area contributed by atoms with Crippen molar-refractivity contribution in [2.45, 2.75) is 26.0 Å². The zero-order valence-corrected chi connectivity index (χ0v) is 11.4. The Kier molecular flexibility index (Phi) is 5.61. The van der Waals surface area contributed by atoms with Gasteiger partial charge in [0.05, 0.1) is 18.4 Å². The lowest BCUT2D eigenvalue weighted by molar-refractivity contribution is 0.0276. The van der Waals surface area contributed by atoms with Crippen LogP contribution >= 0.6 is 0 Å². The molecule has 98 valence electrons. The standard InChI is InChI=1S/C12H23N3O2/c1-9(12-7-15(3)14-10(12)2)13-6-11(17-5)8-16-4/h7,9,11,13H,6,8H2,1-5H3. The molecule has 0 radical (unpaired) electrons. The summed E-state index contributed by atoms with van der Waals surface area (Å²) in [7, 11) is 5.32. The second-order valence-corrected chi connectivity index (χ2v) is 4.29. The van der Waals surface area contributed by atoms with Crippen LogP contribution in [0.1, 0.15) is 24.2 Å². The van der Waals surface area contributed by atoms with Crippen LogP contribution in [0.5, 0.6) is 0 Å². The van der Waals surface area contributed by atoms with E-state index < -0.39 is 0 Å². The van der Waals surface area contributed by atoms with Crippen molar-refractivity contribution in [1.29, 1.82) is 0 Å². The van der Waals surface area contributed by atoms with Crippen molar-refractivity contribution in [2.75, 3.05) is 27.4 Å². The van der Waals surface area contributed by atoms with Gasteiger partial charge in [0.1, 0.15) is 0 Å². The number of nitrogens with zero attached hydrogens (tertiary/aromatic N) is 2. The summed E-state index contributed by atoms with van der Waals surface area (Å²) in [5, 5.41) is 7.77. The molecule has 1 rings (SSSR count). The molecule has 0 aliphatic heterocycles. The van der Waals surface area contributed by atoms with Crippen molar-refractivity contribution in [3.63, 3.8) is 0 Å². The van der Waals surface area contributed by atoms with E-state index in [2.05, 4.69) is 17.3 Å². The smallest absolute Gasteiger partial charge is 0.0928 e. The lowest BCUT2D eigenvalue weighted by Crippen LogP contribution is -2.33. The van der Waals surface area contributed by atoms with E-state index in [1.807, 2.05) is 24.9 Å². The van der Waals surface area contributed by atoms with Crippen LogP contribution < -0.4 is 5.32 Å². The summed E-state index contributed by atoms with van der Waals surface area (Å²) in [5.74, 6) is 0. The van der Waals surface area contributed by atoms with E-state index in [1.54, 1.807) is 14.2 Å². The van der Waals surface area contributed by atoms with E-state index in [-0.39, 0.29) is 12.1 Å². The maximum absolute atomic E-state index is 5.30. The Hall–Kier alpha value is -0.910. The molecule has 0 amide bonds. The van der Waals surface area contributed by atoms with Gasteiger partial charge in [0.15, 0.2) is 0 Å². The predicted octanol–water partition coefficient (Wildman–Crippen LogP) is 1.04. The third-order valence-corrected chi connectivity index (χ3v) is 2.86. The molecular weight excluding hydrogens is 218 g/mol. The van der Waals surface area contributed by atoms with Gasteiger partial charge < -0.3 is 14.8 Å². The number of aromatic nitrogens is 2. The van der Waals surface area contributed by atoms with Crippen molar-refractivity contribution in [1.82, 2.24) is 15.1 Å². The highest BCUT2D eigenvalue weighted by Gasteiger charge is 2.13. The molecule has 1 aromatic rings. The number of hydrogen-bond donors (Lipinski definition) is 1. The highest BCUT2D eigenvalue weighted by atomic mass is 16.5. The predicted molar refractivity (Wildman–Crippen MR) is 67.0 cm³/mol. The zero-order valence-electron chi connectivity index (χ0n) is 11.4. The third-order valence-electron chi connectivity index (χ3n) is 2.86. The van der Waals surface area contributed by atoms with Crippen LogP contribution in [-0.4, -0.2) is 43.3 Å². The Morgan fingerprint density at radius 3 is 2.65 bits per heavy atom. The molecule has 0 aliphatic rings. The largest absolute Gasteiger partial charge is 0.382 e. The van der Waals surface area contributed by atoms with Gasteiger partial charge in [-0.2, -0.15) is 5.10 Å². The summed E-state index contributed by atoms with van der Waals surface area (Å²) in [6.07, 6.45) is 2.13. The second kappa shape index (κ2) is 6.74. The first-order chi connectivity index (χ1) is 8.08. The van der Waals surface area contributed by atoms with E-state index in [0.717, 1.165) is 12.2 Å². The number of hydrogen-bond acceptors (Lipinski definition) is 4. The Labute approximate surface area is 103 Å². The Bertz CT molecular complexity index is 338.